The van der Waals surface area contributed by atoms with Crippen LogP contribution in [0.1, 0.15) is 49.8 Å². The second kappa shape index (κ2) is 10.3. The van der Waals surface area contributed by atoms with Crippen molar-refractivity contribution in [3.63, 3.8) is 0 Å². The summed E-state index contributed by atoms with van der Waals surface area (Å²) in [5, 5.41) is 3.05. The number of nitrogens with one attached hydrogen (secondary N) is 1. The van der Waals surface area contributed by atoms with Gasteiger partial charge in [-0.3, -0.25) is 9.69 Å². The topological polar surface area (TPSA) is 50.8 Å². The second-order valence-corrected chi connectivity index (χ2v) is 7.85. The van der Waals surface area contributed by atoms with Gasteiger partial charge in [-0.1, -0.05) is 38.1 Å². The van der Waals surface area contributed by atoms with Gasteiger partial charge in [0.2, 0.25) is 0 Å². The SMILES string of the molecule is COc1ccc([C@H](CNC(=O)COc2ccc(C(C)C)cc2)N2CCCC2)cc1. The van der Waals surface area contributed by atoms with Gasteiger partial charge in [-0.15, -0.1) is 0 Å². The zero-order valence-electron chi connectivity index (χ0n) is 17.7. The fourth-order valence-corrected chi connectivity index (χ4v) is 3.70. The van der Waals surface area contributed by atoms with Crippen LogP contribution in [0, 0.1) is 0 Å². The molecule has 1 atom stereocenters. The highest BCUT2D eigenvalue weighted by Crippen LogP contribution is 2.26. The summed E-state index contributed by atoms with van der Waals surface area (Å²) in [5.74, 6) is 1.94. The Hall–Kier alpha value is -2.53. The van der Waals surface area contributed by atoms with Gasteiger partial charge in [0.1, 0.15) is 11.5 Å². The predicted molar refractivity (Wildman–Crippen MR) is 116 cm³/mol. The molecule has 0 spiro atoms. The van der Waals surface area contributed by atoms with Crippen LogP contribution in [0.4, 0.5) is 0 Å². The number of hydrogen-bond acceptors (Lipinski definition) is 4. The van der Waals surface area contributed by atoms with Crippen LogP contribution in [-0.4, -0.2) is 44.2 Å². The average molecular weight is 397 g/mol. The second-order valence-electron chi connectivity index (χ2n) is 7.85. The third-order valence-corrected chi connectivity index (χ3v) is 5.49. The van der Waals surface area contributed by atoms with Gasteiger partial charge >= 0.3 is 0 Å². The van der Waals surface area contributed by atoms with Crippen molar-refractivity contribution in [3.05, 3.63) is 59.7 Å². The first kappa shape index (κ1) is 21.2. The van der Waals surface area contributed by atoms with Gasteiger partial charge in [-0.25, -0.2) is 0 Å². The lowest BCUT2D eigenvalue weighted by atomic mass is 10.0. The van der Waals surface area contributed by atoms with Gasteiger partial charge in [-0.2, -0.15) is 0 Å². The average Bonchev–Trinajstić information content (AvgIpc) is 3.27. The number of benzene rings is 2. The summed E-state index contributed by atoms with van der Waals surface area (Å²) < 4.78 is 10.9. The fraction of sp³-hybridized carbons (Fsp3) is 0.458. The van der Waals surface area contributed by atoms with E-state index in [1.165, 1.54) is 24.0 Å². The number of ether oxygens (including phenoxy) is 2. The summed E-state index contributed by atoms with van der Waals surface area (Å²) >= 11 is 0. The van der Waals surface area contributed by atoms with Crippen LogP contribution in [0.2, 0.25) is 0 Å². The molecule has 1 fully saturated rings. The van der Waals surface area contributed by atoms with Crippen molar-refractivity contribution in [2.24, 2.45) is 0 Å². The third-order valence-electron chi connectivity index (χ3n) is 5.49. The molecule has 0 aliphatic carbocycles. The number of hydrogen-bond donors (Lipinski definition) is 1. The van der Waals surface area contributed by atoms with Gasteiger partial charge in [0.25, 0.3) is 5.91 Å². The molecule has 29 heavy (non-hydrogen) atoms. The first-order valence-corrected chi connectivity index (χ1v) is 10.4. The number of carbonyl (C=O) groups excluding carboxylic acids is 1. The molecule has 1 aliphatic heterocycles. The minimum absolute atomic E-state index is 0.0242. The number of likely N-dealkylation sites (tertiary alicyclic amines) is 1. The summed E-state index contributed by atoms with van der Waals surface area (Å²) in [4.78, 5) is 14.8. The van der Waals surface area contributed by atoms with E-state index in [9.17, 15) is 4.79 Å². The number of methoxy groups -OCH3 is 1. The zero-order chi connectivity index (χ0) is 20.6. The molecule has 0 unspecified atom stereocenters. The molecule has 5 heteroatoms. The van der Waals surface area contributed by atoms with Crippen molar-refractivity contribution in [1.82, 2.24) is 10.2 Å². The van der Waals surface area contributed by atoms with E-state index in [-0.39, 0.29) is 18.6 Å². The Labute approximate surface area is 174 Å². The number of rotatable bonds is 9. The van der Waals surface area contributed by atoms with Crippen molar-refractivity contribution in [3.8, 4) is 11.5 Å². The summed E-state index contributed by atoms with van der Waals surface area (Å²) in [7, 11) is 1.67. The van der Waals surface area contributed by atoms with Crippen LogP contribution in [0.15, 0.2) is 48.5 Å². The molecule has 1 heterocycles. The standard InChI is InChI=1S/C24H32N2O3/c1-18(2)19-6-12-22(13-7-19)29-17-24(27)25-16-23(26-14-4-5-15-26)20-8-10-21(28-3)11-9-20/h6-13,18,23H,4-5,14-17H2,1-3H3,(H,25,27)/t23-/m0/s1. The molecule has 1 amide bonds. The van der Waals surface area contributed by atoms with E-state index in [4.69, 9.17) is 9.47 Å². The van der Waals surface area contributed by atoms with Gasteiger partial charge in [0.05, 0.1) is 13.2 Å². The molecule has 0 bridgehead atoms. The van der Waals surface area contributed by atoms with E-state index in [2.05, 4.69) is 36.2 Å². The Morgan fingerprint density at radius 2 is 1.55 bits per heavy atom. The molecule has 0 aromatic heterocycles. The Kier molecular flexibility index (Phi) is 7.53. The highest BCUT2D eigenvalue weighted by Gasteiger charge is 2.24. The highest BCUT2D eigenvalue weighted by molar-refractivity contribution is 5.77. The van der Waals surface area contributed by atoms with Crippen molar-refractivity contribution in [2.45, 2.75) is 38.6 Å². The first-order chi connectivity index (χ1) is 14.1. The van der Waals surface area contributed by atoms with Crippen LogP contribution in [0.5, 0.6) is 11.5 Å². The van der Waals surface area contributed by atoms with Crippen LogP contribution >= 0.6 is 0 Å². The van der Waals surface area contributed by atoms with Gasteiger partial charge in [-0.05, 0) is 67.2 Å². The van der Waals surface area contributed by atoms with E-state index in [1.54, 1.807) is 7.11 Å². The van der Waals surface area contributed by atoms with Crippen molar-refractivity contribution in [1.29, 1.82) is 0 Å². The van der Waals surface area contributed by atoms with Crippen LogP contribution in [-0.2, 0) is 4.79 Å². The lowest BCUT2D eigenvalue weighted by molar-refractivity contribution is -0.123. The lowest BCUT2D eigenvalue weighted by Crippen LogP contribution is -2.38. The minimum Gasteiger partial charge on any atom is -0.497 e. The lowest BCUT2D eigenvalue weighted by Gasteiger charge is -2.28. The van der Waals surface area contributed by atoms with E-state index < -0.39 is 0 Å². The molecular formula is C24H32N2O3. The summed E-state index contributed by atoms with van der Waals surface area (Å²) in [6, 6.07) is 16.2. The maximum absolute atomic E-state index is 12.4. The van der Waals surface area contributed by atoms with E-state index in [0.29, 0.717) is 12.5 Å². The van der Waals surface area contributed by atoms with Crippen molar-refractivity contribution < 1.29 is 14.3 Å². The Bertz CT molecular complexity index is 766. The number of carbonyl (C=O) groups is 1. The monoisotopic (exact) mass is 396 g/mol. The molecule has 5 nitrogen and oxygen atoms in total. The number of amides is 1. The maximum Gasteiger partial charge on any atom is 0.258 e. The first-order valence-electron chi connectivity index (χ1n) is 10.4. The zero-order valence-corrected chi connectivity index (χ0v) is 17.7. The quantitative estimate of drug-likeness (QED) is 0.692. The normalized spacial score (nSPS) is 15.3. The third kappa shape index (κ3) is 5.97. The Balaban J connectivity index is 1.54. The molecule has 1 saturated heterocycles. The van der Waals surface area contributed by atoms with Crippen molar-refractivity contribution >= 4 is 5.91 Å². The van der Waals surface area contributed by atoms with E-state index in [1.807, 2.05) is 36.4 Å². The minimum atomic E-state index is -0.101. The molecule has 1 aliphatic rings. The summed E-state index contributed by atoms with van der Waals surface area (Å²) in [6.45, 7) is 7.03. The van der Waals surface area contributed by atoms with Gasteiger partial charge in [0.15, 0.2) is 6.61 Å². The van der Waals surface area contributed by atoms with Crippen LogP contribution in [0.3, 0.4) is 0 Å². The molecule has 156 valence electrons. The highest BCUT2D eigenvalue weighted by atomic mass is 16.5. The molecule has 3 rings (SSSR count). The molecule has 2 aromatic carbocycles. The van der Waals surface area contributed by atoms with Gasteiger partial charge < -0.3 is 14.8 Å². The van der Waals surface area contributed by atoms with E-state index >= 15 is 0 Å². The largest absolute Gasteiger partial charge is 0.497 e. The van der Waals surface area contributed by atoms with Crippen molar-refractivity contribution in [2.75, 3.05) is 33.4 Å². The molecule has 1 N–H and O–H groups in total. The van der Waals surface area contributed by atoms with Gasteiger partial charge in [0, 0.05) is 6.54 Å². The summed E-state index contributed by atoms with van der Waals surface area (Å²) in [6.07, 6.45) is 2.41. The van der Waals surface area contributed by atoms with Crippen LogP contribution < -0.4 is 14.8 Å². The molecular weight excluding hydrogens is 364 g/mol. The molecule has 2 aromatic rings. The summed E-state index contributed by atoms with van der Waals surface area (Å²) in [5.41, 5.74) is 2.45. The number of nitrogens with zero attached hydrogens (tertiary/aromatic N) is 1. The smallest absolute Gasteiger partial charge is 0.258 e. The fourth-order valence-electron chi connectivity index (χ4n) is 3.70. The van der Waals surface area contributed by atoms with Crippen LogP contribution in [0.25, 0.3) is 0 Å². The predicted octanol–water partition coefficient (Wildman–Crippen LogP) is 4.15. The Morgan fingerprint density at radius 3 is 2.14 bits per heavy atom. The molecule has 0 saturated carbocycles. The maximum atomic E-state index is 12.4. The molecule has 0 radical (unpaired) electrons. The Morgan fingerprint density at radius 1 is 0.966 bits per heavy atom. The van der Waals surface area contributed by atoms with E-state index in [0.717, 1.165) is 24.6 Å².